The number of carbonyl (C=O) groups excluding carboxylic acids is 1. The van der Waals surface area contributed by atoms with Crippen molar-refractivity contribution in [2.24, 2.45) is 0 Å². The number of ether oxygens (including phenoxy) is 1. The predicted molar refractivity (Wildman–Crippen MR) is 63.4 cm³/mol. The number of rotatable bonds is 7. The second-order valence-corrected chi connectivity index (χ2v) is 3.97. The van der Waals surface area contributed by atoms with E-state index < -0.39 is 0 Å². The molecule has 0 aromatic heterocycles. The summed E-state index contributed by atoms with van der Waals surface area (Å²) in [5.74, 6) is -0.170. The summed E-state index contributed by atoms with van der Waals surface area (Å²) in [6, 6.07) is 0. The van der Waals surface area contributed by atoms with Crippen molar-refractivity contribution < 1.29 is 9.53 Å². The molecule has 86 valence electrons. The van der Waals surface area contributed by atoms with E-state index in [2.05, 4.69) is 6.58 Å². The number of hydrogen-bond acceptors (Lipinski definition) is 2. The highest BCUT2D eigenvalue weighted by atomic mass is 16.5. The highest BCUT2D eigenvalue weighted by Crippen LogP contribution is 2.11. The quantitative estimate of drug-likeness (QED) is 0.275. The van der Waals surface area contributed by atoms with Crippen LogP contribution in [0.4, 0.5) is 0 Å². The Labute approximate surface area is 93.0 Å². The molecule has 0 atom stereocenters. The van der Waals surface area contributed by atoms with Crippen LogP contribution in [0.2, 0.25) is 0 Å². The summed E-state index contributed by atoms with van der Waals surface area (Å²) in [4.78, 5) is 10.9. The molecular formula is C13H22O2. The van der Waals surface area contributed by atoms with Crippen molar-refractivity contribution in [3.8, 4) is 0 Å². The maximum absolute atomic E-state index is 10.9. The molecule has 0 aliphatic carbocycles. The van der Waals surface area contributed by atoms with Gasteiger partial charge in [-0.3, -0.25) is 4.79 Å². The average molecular weight is 210 g/mol. The van der Waals surface area contributed by atoms with Gasteiger partial charge in [0.25, 0.3) is 0 Å². The van der Waals surface area contributed by atoms with Crippen molar-refractivity contribution >= 4 is 5.97 Å². The third-order valence-electron chi connectivity index (χ3n) is 2.10. The molecule has 0 unspecified atom stereocenters. The van der Waals surface area contributed by atoms with Gasteiger partial charge in [0, 0.05) is 6.42 Å². The third-order valence-corrected chi connectivity index (χ3v) is 2.10. The Morgan fingerprint density at radius 1 is 1.27 bits per heavy atom. The highest BCUT2D eigenvalue weighted by Gasteiger charge is 1.96. The van der Waals surface area contributed by atoms with E-state index in [1.54, 1.807) is 13.2 Å². The molecule has 0 bridgehead atoms. The zero-order chi connectivity index (χ0) is 11.7. The normalized spacial score (nSPS) is 11.3. The first kappa shape index (κ1) is 13.9. The lowest BCUT2D eigenvalue weighted by Gasteiger charge is -2.02. The van der Waals surface area contributed by atoms with Crippen LogP contribution in [0.5, 0.6) is 0 Å². The largest absolute Gasteiger partial charge is 0.435 e. The third kappa shape index (κ3) is 9.26. The van der Waals surface area contributed by atoms with Gasteiger partial charge in [-0.05, 0) is 45.1 Å². The molecule has 0 heterocycles. The molecule has 0 aromatic rings. The van der Waals surface area contributed by atoms with E-state index in [4.69, 9.17) is 4.74 Å². The molecule has 2 nitrogen and oxygen atoms in total. The molecule has 0 fully saturated rings. The van der Waals surface area contributed by atoms with Gasteiger partial charge in [-0.25, -0.2) is 0 Å². The van der Waals surface area contributed by atoms with E-state index in [9.17, 15) is 4.79 Å². The Balaban J connectivity index is 3.59. The van der Waals surface area contributed by atoms with Crippen LogP contribution in [0.15, 0.2) is 24.0 Å². The summed E-state index contributed by atoms with van der Waals surface area (Å²) >= 11 is 0. The molecule has 2 heteroatoms. The number of unbranched alkanes of at least 4 members (excludes halogenated alkanes) is 1. The van der Waals surface area contributed by atoms with Gasteiger partial charge in [-0.1, -0.05) is 12.5 Å². The number of esters is 1. The van der Waals surface area contributed by atoms with Gasteiger partial charge in [0.1, 0.15) is 0 Å². The summed E-state index contributed by atoms with van der Waals surface area (Å²) in [6.07, 6.45) is 6.36. The number of hydrogen-bond donors (Lipinski definition) is 0. The van der Waals surface area contributed by atoms with E-state index in [1.165, 1.54) is 5.57 Å². The fourth-order valence-electron chi connectivity index (χ4n) is 1.14. The lowest BCUT2D eigenvalue weighted by Crippen LogP contribution is -1.96. The fourth-order valence-corrected chi connectivity index (χ4v) is 1.14. The monoisotopic (exact) mass is 210 g/mol. The summed E-state index contributed by atoms with van der Waals surface area (Å²) in [5.41, 5.74) is 2.35. The molecule has 0 saturated carbocycles. The van der Waals surface area contributed by atoms with Crippen molar-refractivity contribution in [2.75, 3.05) is 0 Å². The van der Waals surface area contributed by atoms with Crippen molar-refractivity contribution in [1.29, 1.82) is 0 Å². The second-order valence-electron chi connectivity index (χ2n) is 3.97. The molecule has 0 radical (unpaired) electrons. The minimum atomic E-state index is -0.170. The first-order chi connectivity index (χ1) is 7.06. The maximum atomic E-state index is 10.9. The lowest BCUT2D eigenvalue weighted by molar-refractivity contribution is -0.137. The van der Waals surface area contributed by atoms with Crippen LogP contribution in [0, 0.1) is 0 Å². The zero-order valence-electron chi connectivity index (χ0n) is 10.1. The van der Waals surface area contributed by atoms with Crippen molar-refractivity contribution in [1.82, 2.24) is 0 Å². The Kier molecular flexibility index (Phi) is 7.69. The summed E-state index contributed by atoms with van der Waals surface area (Å²) in [7, 11) is 0. The van der Waals surface area contributed by atoms with E-state index >= 15 is 0 Å². The first-order valence-electron chi connectivity index (χ1n) is 5.55. The van der Waals surface area contributed by atoms with Crippen molar-refractivity contribution in [3.63, 3.8) is 0 Å². The molecule has 0 N–H and O–H groups in total. The van der Waals surface area contributed by atoms with Crippen LogP contribution in [0.1, 0.15) is 52.9 Å². The van der Waals surface area contributed by atoms with E-state index in [-0.39, 0.29) is 5.97 Å². The smallest absolute Gasteiger partial charge is 0.310 e. The summed E-state index contributed by atoms with van der Waals surface area (Å²) in [6.45, 7) is 9.69. The maximum Gasteiger partial charge on any atom is 0.310 e. The Hall–Kier alpha value is -1.05. The molecule has 0 aliphatic heterocycles. The molecule has 0 aliphatic rings. The fraction of sp³-hybridized carbons (Fsp3) is 0.615. The number of allylic oxidation sites excluding steroid dienone is 2. The Morgan fingerprint density at radius 3 is 2.40 bits per heavy atom. The van der Waals surface area contributed by atoms with Crippen LogP contribution >= 0.6 is 0 Å². The average Bonchev–Trinajstić information content (AvgIpc) is 2.20. The van der Waals surface area contributed by atoms with Gasteiger partial charge in [0.15, 0.2) is 0 Å². The van der Waals surface area contributed by atoms with Gasteiger partial charge in [0.05, 0.1) is 6.26 Å². The molecule has 0 rings (SSSR count). The SMILES string of the molecule is C=C(C)CCCC/C(C)=C/OC(=O)CC. The Bertz CT molecular complexity index is 239. The van der Waals surface area contributed by atoms with Gasteiger partial charge >= 0.3 is 5.97 Å². The second kappa shape index (κ2) is 8.27. The predicted octanol–water partition coefficient (Wildman–Crippen LogP) is 3.98. The first-order valence-corrected chi connectivity index (χ1v) is 5.55. The van der Waals surface area contributed by atoms with Crippen molar-refractivity contribution in [3.05, 3.63) is 24.0 Å². The number of carbonyl (C=O) groups is 1. The van der Waals surface area contributed by atoms with Crippen LogP contribution < -0.4 is 0 Å². The molecule has 0 spiro atoms. The van der Waals surface area contributed by atoms with Crippen LogP contribution in [0.25, 0.3) is 0 Å². The summed E-state index contributed by atoms with van der Waals surface area (Å²) in [5, 5.41) is 0. The van der Waals surface area contributed by atoms with Gasteiger partial charge < -0.3 is 4.74 Å². The highest BCUT2D eigenvalue weighted by molar-refractivity contribution is 5.69. The van der Waals surface area contributed by atoms with Crippen LogP contribution in [0.3, 0.4) is 0 Å². The minimum Gasteiger partial charge on any atom is -0.435 e. The van der Waals surface area contributed by atoms with Crippen LogP contribution in [-0.4, -0.2) is 5.97 Å². The summed E-state index contributed by atoms with van der Waals surface area (Å²) < 4.78 is 4.91. The standard InChI is InChI=1S/C13H22O2/c1-5-13(14)15-10-12(4)9-7-6-8-11(2)3/h10H,2,5-9H2,1,3-4H3/b12-10+. The lowest BCUT2D eigenvalue weighted by atomic mass is 10.1. The topological polar surface area (TPSA) is 26.3 Å². The molecule has 15 heavy (non-hydrogen) atoms. The minimum absolute atomic E-state index is 0.170. The zero-order valence-corrected chi connectivity index (χ0v) is 10.1. The molecular weight excluding hydrogens is 188 g/mol. The van der Waals surface area contributed by atoms with E-state index in [1.807, 2.05) is 13.8 Å². The van der Waals surface area contributed by atoms with Crippen LogP contribution in [-0.2, 0) is 9.53 Å². The Morgan fingerprint density at radius 2 is 1.87 bits per heavy atom. The van der Waals surface area contributed by atoms with Gasteiger partial charge in [-0.2, -0.15) is 0 Å². The van der Waals surface area contributed by atoms with Gasteiger partial charge in [-0.15, -0.1) is 6.58 Å². The van der Waals surface area contributed by atoms with Gasteiger partial charge in [0.2, 0.25) is 0 Å². The molecule has 0 aromatic carbocycles. The van der Waals surface area contributed by atoms with Crippen molar-refractivity contribution in [2.45, 2.75) is 52.9 Å². The molecule has 0 amide bonds. The van der Waals surface area contributed by atoms with E-state index in [0.29, 0.717) is 6.42 Å². The van der Waals surface area contributed by atoms with E-state index in [0.717, 1.165) is 31.3 Å². The molecule has 0 saturated heterocycles.